The van der Waals surface area contributed by atoms with Crippen molar-refractivity contribution >= 4 is 18.0 Å². The molecule has 1 atom stereocenters. The van der Waals surface area contributed by atoms with E-state index in [0.29, 0.717) is 13.0 Å². The minimum atomic E-state index is -0.854. The molecule has 2 aliphatic carbocycles. The van der Waals surface area contributed by atoms with Crippen molar-refractivity contribution in [3.05, 3.63) is 59.7 Å². The van der Waals surface area contributed by atoms with Crippen LogP contribution in [0.25, 0.3) is 11.1 Å². The van der Waals surface area contributed by atoms with Crippen LogP contribution in [0.3, 0.4) is 0 Å². The monoisotopic (exact) mass is 450 g/mol. The number of carboxylic acid groups (broad SMARTS) is 1. The number of rotatable bonds is 9. The van der Waals surface area contributed by atoms with Gasteiger partial charge in [-0.3, -0.25) is 9.59 Å². The zero-order valence-electron chi connectivity index (χ0n) is 18.8. The number of benzene rings is 2. The zero-order chi connectivity index (χ0) is 23.4. The highest BCUT2D eigenvalue weighted by Crippen LogP contribution is 2.45. The first-order valence-electron chi connectivity index (χ1n) is 11.5. The van der Waals surface area contributed by atoms with Gasteiger partial charge in [-0.15, -0.1) is 0 Å². The number of aliphatic carboxylic acids is 1. The summed E-state index contributed by atoms with van der Waals surface area (Å²) in [5.74, 6) is -1.22. The molecule has 1 fully saturated rings. The average molecular weight is 451 g/mol. The molecule has 0 saturated heterocycles. The summed E-state index contributed by atoms with van der Waals surface area (Å²) in [5.41, 5.74) is 4.18. The Morgan fingerprint density at radius 2 is 1.67 bits per heavy atom. The Kier molecular flexibility index (Phi) is 6.67. The first-order chi connectivity index (χ1) is 15.9. The topological polar surface area (TPSA) is 105 Å². The fraction of sp³-hybridized carbons (Fsp3) is 0.423. The quantitative estimate of drug-likeness (QED) is 0.534. The van der Waals surface area contributed by atoms with Crippen LogP contribution in [0.5, 0.6) is 0 Å². The van der Waals surface area contributed by atoms with E-state index >= 15 is 0 Å². The first-order valence-corrected chi connectivity index (χ1v) is 11.5. The van der Waals surface area contributed by atoms with Gasteiger partial charge in [-0.1, -0.05) is 61.9 Å². The first kappa shape index (κ1) is 22.8. The minimum absolute atomic E-state index is 0.0455. The molecule has 0 heterocycles. The molecule has 7 nitrogen and oxygen atoms in total. The number of amides is 2. The third kappa shape index (κ3) is 4.87. The van der Waals surface area contributed by atoms with Crippen molar-refractivity contribution < 1.29 is 24.2 Å². The van der Waals surface area contributed by atoms with E-state index in [1.165, 1.54) is 0 Å². The van der Waals surface area contributed by atoms with Crippen LogP contribution in [0.15, 0.2) is 48.5 Å². The molecule has 0 bridgehead atoms. The Labute approximate surface area is 193 Å². The maximum absolute atomic E-state index is 12.6. The van der Waals surface area contributed by atoms with Crippen molar-refractivity contribution in [2.45, 2.75) is 51.0 Å². The highest BCUT2D eigenvalue weighted by molar-refractivity contribution is 5.85. The lowest BCUT2D eigenvalue weighted by Gasteiger charge is -2.41. The predicted octanol–water partition coefficient (Wildman–Crippen LogP) is 4.06. The Balaban J connectivity index is 1.32. The summed E-state index contributed by atoms with van der Waals surface area (Å²) < 4.78 is 5.54. The second-order valence-corrected chi connectivity index (χ2v) is 9.07. The molecule has 4 rings (SSSR count). The summed E-state index contributed by atoms with van der Waals surface area (Å²) in [4.78, 5) is 36.3. The van der Waals surface area contributed by atoms with Gasteiger partial charge in [-0.2, -0.15) is 0 Å². The molecule has 0 radical (unpaired) electrons. The number of ether oxygens (including phenoxy) is 1. The molecule has 2 aromatic rings. The summed E-state index contributed by atoms with van der Waals surface area (Å²) in [6, 6.07) is 15.5. The SMILES string of the molecule is CCC(NC(=O)OCC1c2ccccc2-c2ccccc21)C(=O)NCC1(CC(=O)O)CCC1. The number of nitrogens with one attached hydrogen (secondary N) is 2. The van der Waals surface area contributed by atoms with Gasteiger partial charge < -0.3 is 20.5 Å². The molecule has 1 saturated carbocycles. The normalized spacial score (nSPS) is 16.6. The van der Waals surface area contributed by atoms with Crippen molar-refractivity contribution in [3.8, 4) is 11.1 Å². The van der Waals surface area contributed by atoms with Gasteiger partial charge in [0, 0.05) is 12.5 Å². The maximum atomic E-state index is 12.6. The second kappa shape index (κ2) is 9.65. The molecule has 3 N–H and O–H groups in total. The summed E-state index contributed by atoms with van der Waals surface area (Å²) in [6.07, 6.45) is 2.36. The highest BCUT2D eigenvalue weighted by Gasteiger charge is 2.39. The molecule has 1 unspecified atom stereocenters. The molecule has 174 valence electrons. The van der Waals surface area contributed by atoms with Gasteiger partial charge in [-0.05, 0) is 46.9 Å². The Morgan fingerprint density at radius 3 is 2.18 bits per heavy atom. The van der Waals surface area contributed by atoms with Crippen LogP contribution in [0.2, 0.25) is 0 Å². The van der Waals surface area contributed by atoms with Crippen LogP contribution in [0, 0.1) is 5.41 Å². The van der Waals surface area contributed by atoms with Crippen molar-refractivity contribution in [1.29, 1.82) is 0 Å². The fourth-order valence-electron chi connectivity index (χ4n) is 4.95. The van der Waals surface area contributed by atoms with Gasteiger partial charge in [0.1, 0.15) is 12.6 Å². The standard InChI is InChI=1S/C26H30N2O5/c1-2-22(24(31)27-16-26(12-7-13-26)14-23(29)30)28-25(32)33-15-21-19-10-5-3-8-17(19)18-9-4-6-11-20(18)21/h3-6,8-11,21-22H,2,7,12-16H2,1H3,(H,27,31)(H,28,32)(H,29,30). The number of carbonyl (C=O) groups excluding carboxylic acids is 2. The minimum Gasteiger partial charge on any atom is -0.481 e. The predicted molar refractivity (Wildman–Crippen MR) is 124 cm³/mol. The summed E-state index contributed by atoms with van der Waals surface area (Å²) in [5, 5.41) is 14.6. The number of fused-ring (bicyclic) bond motifs is 3. The van der Waals surface area contributed by atoms with E-state index in [2.05, 4.69) is 34.9 Å². The van der Waals surface area contributed by atoms with Crippen molar-refractivity contribution in [3.63, 3.8) is 0 Å². The molecule has 0 aromatic heterocycles. The molecule has 2 aromatic carbocycles. The average Bonchev–Trinajstić information content (AvgIpc) is 3.11. The Morgan fingerprint density at radius 1 is 1.06 bits per heavy atom. The van der Waals surface area contributed by atoms with Crippen LogP contribution in [-0.4, -0.2) is 42.3 Å². The van der Waals surface area contributed by atoms with Gasteiger partial charge >= 0.3 is 12.1 Å². The Bertz CT molecular complexity index is 1000. The van der Waals surface area contributed by atoms with Crippen molar-refractivity contribution in [2.75, 3.05) is 13.2 Å². The number of hydrogen-bond acceptors (Lipinski definition) is 4. The number of carboxylic acids is 1. The van der Waals surface area contributed by atoms with E-state index in [1.807, 2.05) is 31.2 Å². The molecule has 33 heavy (non-hydrogen) atoms. The molecule has 2 aliphatic rings. The molecule has 0 spiro atoms. The second-order valence-electron chi connectivity index (χ2n) is 9.07. The number of carbonyl (C=O) groups is 3. The van der Waals surface area contributed by atoms with E-state index in [0.717, 1.165) is 41.5 Å². The third-order valence-corrected chi connectivity index (χ3v) is 6.94. The summed E-state index contributed by atoms with van der Waals surface area (Å²) >= 11 is 0. The number of hydrogen-bond donors (Lipinski definition) is 3. The fourth-order valence-corrected chi connectivity index (χ4v) is 4.95. The lowest BCUT2D eigenvalue weighted by molar-refractivity contribution is -0.142. The van der Waals surface area contributed by atoms with Gasteiger partial charge in [0.2, 0.25) is 5.91 Å². The van der Waals surface area contributed by atoms with E-state index in [1.54, 1.807) is 0 Å². The van der Waals surface area contributed by atoms with Gasteiger partial charge in [0.25, 0.3) is 0 Å². The van der Waals surface area contributed by atoms with Crippen LogP contribution >= 0.6 is 0 Å². The maximum Gasteiger partial charge on any atom is 0.407 e. The van der Waals surface area contributed by atoms with Gasteiger partial charge in [-0.25, -0.2) is 4.79 Å². The van der Waals surface area contributed by atoms with E-state index in [4.69, 9.17) is 9.84 Å². The molecule has 7 heteroatoms. The van der Waals surface area contributed by atoms with Crippen LogP contribution in [0.1, 0.15) is 56.1 Å². The highest BCUT2D eigenvalue weighted by atomic mass is 16.5. The van der Waals surface area contributed by atoms with Gasteiger partial charge in [0.15, 0.2) is 0 Å². The molecule has 0 aliphatic heterocycles. The lowest BCUT2D eigenvalue weighted by atomic mass is 9.66. The van der Waals surface area contributed by atoms with Crippen LogP contribution < -0.4 is 10.6 Å². The van der Waals surface area contributed by atoms with Crippen molar-refractivity contribution in [1.82, 2.24) is 10.6 Å². The van der Waals surface area contributed by atoms with Crippen LogP contribution in [0.4, 0.5) is 4.79 Å². The smallest absolute Gasteiger partial charge is 0.407 e. The zero-order valence-corrected chi connectivity index (χ0v) is 18.8. The van der Waals surface area contributed by atoms with E-state index < -0.39 is 18.1 Å². The summed E-state index contributed by atoms with van der Waals surface area (Å²) in [6.45, 7) is 2.30. The largest absolute Gasteiger partial charge is 0.481 e. The van der Waals surface area contributed by atoms with Crippen molar-refractivity contribution in [2.24, 2.45) is 5.41 Å². The summed E-state index contributed by atoms with van der Waals surface area (Å²) in [7, 11) is 0. The Hall–Kier alpha value is -3.35. The van der Waals surface area contributed by atoms with Gasteiger partial charge in [0.05, 0.1) is 6.42 Å². The third-order valence-electron chi connectivity index (χ3n) is 6.94. The molecular formula is C26H30N2O5. The molecular weight excluding hydrogens is 420 g/mol. The van der Waals surface area contributed by atoms with E-state index in [9.17, 15) is 14.4 Å². The van der Waals surface area contributed by atoms with E-state index in [-0.39, 0.29) is 30.3 Å². The lowest BCUT2D eigenvalue weighted by Crippen LogP contribution is -2.51. The molecule has 2 amide bonds. The van der Waals surface area contributed by atoms with Crippen LogP contribution in [-0.2, 0) is 14.3 Å². The number of alkyl carbamates (subject to hydrolysis) is 1.